The van der Waals surface area contributed by atoms with E-state index >= 15 is 0 Å². The smallest absolute Gasteiger partial charge is 0.119 e. The maximum atomic E-state index is 8.87. The number of ether oxygens (including phenoxy) is 1. The zero-order chi connectivity index (χ0) is 14.5. The first kappa shape index (κ1) is 14.9. The van der Waals surface area contributed by atoms with Crippen LogP contribution in [0.5, 0.6) is 5.75 Å². The summed E-state index contributed by atoms with van der Waals surface area (Å²) in [4.78, 5) is 2.49. The topological polar surface area (TPSA) is 32.7 Å². The highest BCUT2D eigenvalue weighted by molar-refractivity contribution is 5.45. The number of aliphatic hydroxyl groups excluding tert-OH is 1. The van der Waals surface area contributed by atoms with Crippen molar-refractivity contribution >= 4 is 0 Å². The molecule has 3 heteroatoms. The lowest BCUT2D eigenvalue weighted by molar-refractivity contribution is 0.256. The summed E-state index contributed by atoms with van der Waals surface area (Å²) in [6.45, 7) is 6.49. The lowest BCUT2D eigenvalue weighted by Gasteiger charge is -2.22. The first-order valence-corrected chi connectivity index (χ1v) is 7.14. The standard InChI is InChI=1S/C17H23NO2/c1-13-9-14(2)18(11-13)12-16-10-17(20-3)7-6-15(16)5-4-8-19/h6-7,10,13-14,19H,8-9,11-12H2,1-3H3. The van der Waals surface area contributed by atoms with Crippen LogP contribution in [0.4, 0.5) is 0 Å². The van der Waals surface area contributed by atoms with E-state index in [9.17, 15) is 0 Å². The van der Waals surface area contributed by atoms with Gasteiger partial charge in [0.25, 0.3) is 0 Å². The summed E-state index contributed by atoms with van der Waals surface area (Å²) < 4.78 is 5.31. The molecule has 0 aromatic heterocycles. The van der Waals surface area contributed by atoms with Gasteiger partial charge < -0.3 is 9.84 Å². The minimum atomic E-state index is -0.109. The van der Waals surface area contributed by atoms with Crippen LogP contribution in [0.3, 0.4) is 0 Å². The number of nitrogens with zero attached hydrogens (tertiary/aromatic N) is 1. The van der Waals surface area contributed by atoms with E-state index in [-0.39, 0.29) is 6.61 Å². The minimum Gasteiger partial charge on any atom is -0.497 e. The van der Waals surface area contributed by atoms with Gasteiger partial charge in [-0.3, -0.25) is 4.90 Å². The quantitative estimate of drug-likeness (QED) is 0.858. The summed E-state index contributed by atoms with van der Waals surface area (Å²) in [7, 11) is 1.68. The summed E-state index contributed by atoms with van der Waals surface area (Å²) in [6, 6.07) is 6.55. The average Bonchev–Trinajstić information content (AvgIpc) is 2.75. The van der Waals surface area contributed by atoms with Crippen molar-refractivity contribution in [3.8, 4) is 17.6 Å². The Hall–Kier alpha value is -1.50. The molecule has 2 unspecified atom stereocenters. The molecular formula is C17H23NO2. The predicted octanol–water partition coefficient (Wildman–Crippen LogP) is 2.27. The van der Waals surface area contributed by atoms with Crippen LogP contribution in [0.1, 0.15) is 31.4 Å². The van der Waals surface area contributed by atoms with Crippen molar-refractivity contribution in [3.63, 3.8) is 0 Å². The van der Waals surface area contributed by atoms with Gasteiger partial charge >= 0.3 is 0 Å². The molecule has 0 aliphatic carbocycles. The van der Waals surface area contributed by atoms with E-state index < -0.39 is 0 Å². The van der Waals surface area contributed by atoms with E-state index in [0.717, 1.165) is 30.3 Å². The Bertz CT molecular complexity index is 515. The number of likely N-dealkylation sites (tertiary alicyclic amines) is 1. The van der Waals surface area contributed by atoms with Crippen molar-refractivity contribution in [2.75, 3.05) is 20.3 Å². The van der Waals surface area contributed by atoms with Gasteiger partial charge in [0.2, 0.25) is 0 Å². The van der Waals surface area contributed by atoms with Gasteiger partial charge in [-0.25, -0.2) is 0 Å². The predicted molar refractivity (Wildman–Crippen MR) is 80.6 cm³/mol. The number of hydrogen-bond acceptors (Lipinski definition) is 3. The highest BCUT2D eigenvalue weighted by Crippen LogP contribution is 2.26. The molecule has 1 aromatic carbocycles. The van der Waals surface area contributed by atoms with Gasteiger partial charge in [-0.1, -0.05) is 18.8 Å². The molecule has 0 spiro atoms. The molecular weight excluding hydrogens is 250 g/mol. The van der Waals surface area contributed by atoms with Crippen LogP contribution in [0, 0.1) is 17.8 Å². The number of rotatable bonds is 3. The second-order valence-corrected chi connectivity index (χ2v) is 5.60. The van der Waals surface area contributed by atoms with Gasteiger partial charge in [0, 0.05) is 24.7 Å². The van der Waals surface area contributed by atoms with Crippen LogP contribution in [-0.2, 0) is 6.54 Å². The van der Waals surface area contributed by atoms with Crippen molar-refractivity contribution < 1.29 is 9.84 Å². The third kappa shape index (κ3) is 3.53. The zero-order valence-electron chi connectivity index (χ0n) is 12.5. The minimum absolute atomic E-state index is 0.109. The largest absolute Gasteiger partial charge is 0.497 e. The highest BCUT2D eigenvalue weighted by atomic mass is 16.5. The van der Waals surface area contributed by atoms with Crippen LogP contribution >= 0.6 is 0 Å². The Labute approximate surface area is 121 Å². The Morgan fingerprint density at radius 2 is 2.20 bits per heavy atom. The van der Waals surface area contributed by atoms with Crippen LogP contribution < -0.4 is 4.74 Å². The number of hydrogen-bond donors (Lipinski definition) is 1. The highest BCUT2D eigenvalue weighted by Gasteiger charge is 2.26. The summed E-state index contributed by atoms with van der Waals surface area (Å²) in [5.74, 6) is 7.37. The van der Waals surface area contributed by atoms with Gasteiger partial charge in [0.15, 0.2) is 0 Å². The van der Waals surface area contributed by atoms with E-state index in [1.165, 1.54) is 12.0 Å². The molecule has 1 heterocycles. The van der Waals surface area contributed by atoms with E-state index in [1.54, 1.807) is 7.11 Å². The second kappa shape index (κ2) is 6.78. The molecule has 1 saturated heterocycles. The normalized spacial score (nSPS) is 22.4. The Morgan fingerprint density at radius 1 is 1.40 bits per heavy atom. The fourth-order valence-corrected chi connectivity index (χ4v) is 2.91. The maximum Gasteiger partial charge on any atom is 0.119 e. The van der Waals surface area contributed by atoms with E-state index in [4.69, 9.17) is 9.84 Å². The summed E-state index contributed by atoms with van der Waals surface area (Å²) in [5, 5.41) is 8.87. The molecule has 1 N–H and O–H groups in total. The number of benzene rings is 1. The molecule has 1 aliphatic rings. The molecule has 0 amide bonds. The van der Waals surface area contributed by atoms with Crippen molar-refractivity contribution in [3.05, 3.63) is 29.3 Å². The van der Waals surface area contributed by atoms with Gasteiger partial charge in [-0.2, -0.15) is 0 Å². The molecule has 0 saturated carbocycles. The third-order valence-corrected chi connectivity index (χ3v) is 3.90. The van der Waals surface area contributed by atoms with Crippen LogP contribution in [0.25, 0.3) is 0 Å². The lowest BCUT2D eigenvalue weighted by Crippen LogP contribution is -2.26. The first-order chi connectivity index (χ1) is 9.63. The van der Waals surface area contributed by atoms with Gasteiger partial charge in [-0.15, -0.1) is 0 Å². The molecule has 3 nitrogen and oxygen atoms in total. The Morgan fingerprint density at radius 3 is 2.80 bits per heavy atom. The average molecular weight is 273 g/mol. The first-order valence-electron chi connectivity index (χ1n) is 7.14. The molecule has 1 fully saturated rings. The molecule has 108 valence electrons. The zero-order valence-corrected chi connectivity index (χ0v) is 12.5. The van der Waals surface area contributed by atoms with E-state index in [0.29, 0.717) is 6.04 Å². The van der Waals surface area contributed by atoms with Crippen LogP contribution in [0.15, 0.2) is 18.2 Å². The van der Waals surface area contributed by atoms with Crippen molar-refractivity contribution in [2.45, 2.75) is 32.9 Å². The van der Waals surface area contributed by atoms with Crippen LogP contribution in [0.2, 0.25) is 0 Å². The lowest BCUT2D eigenvalue weighted by atomic mass is 10.1. The molecule has 2 rings (SSSR count). The molecule has 0 radical (unpaired) electrons. The van der Waals surface area contributed by atoms with E-state index in [1.807, 2.05) is 12.1 Å². The fraction of sp³-hybridized carbons (Fsp3) is 0.529. The molecule has 2 atom stereocenters. The van der Waals surface area contributed by atoms with Gasteiger partial charge in [0.1, 0.15) is 12.4 Å². The van der Waals surface area contributed by atoms with Gasteiger partial charge in [0.05, 0.1) is 7.11 Å². The van der Waals surface area contributed by atoms with E-state index in [2.05, 4.69) is 36.7 Å². The summed E-state index contributed by atoms with van der Waals surface area (Å²) in [5.41, 5.74) is 2.15. The Kier molecular flexibility index (Phi) is 5.05. The monoisotopic (exact) mass is 273 g/mol. The molecule has 1 aliphatic heterocycles. The van der Waals surface area contributed by atoms with Crippen molar-refractivity contribution in [1.29, 1.82) is 0 Å². The molecule has 20 heavy (non-hydrogen) atoms. The number of methoxy groups -OCH3 is 1. The second-order valence-electron chi connectivity index (χ2n) is 5.60. The number of aliphatic hydroxyl groups is 1. The molecule has 0 bridgehead atoms. The van der Waals surface area contributed by atoms with Gasteiger partial charge in [-0.05, 0) is 43.0 Å². The van der Waals surface area contributed by atoms with Crippen molar-refractivity contribution in [2.24, 2.45) is 5.92 Å². The SMILES string of the molecule is COc1ccc(C#CCO)c(CN2CC(C)CC2C)c1. The maximum absolute atomic E-state index is 8.87. The molecule has 1 aromatic rings. The van der Waals surface area contributed by atoms with Crippen LogP contribution in [-0.4, -0.2) is 36.3 Å². The Balaban J connectivity index is 2.23. The van der Waals surface area contributed by atoms with Crippen molar-refractivity contribution in [1.82, 2.24) is 4.90 Å². The fourth-order valence-electron chi connectivity index (χ4n) is 2.91. The summed E-state index contributed by atoms with van der Waals surface area (Å²) in [6.07, 6.45) is 1.25. The summed E-state index contributed by atoms with van der Waals surface area (Å²) >= 11 is 0. The third-order valence-electron chi connectivity index (χ3n) is 3.90.